The third-order valence-corrected chi connectivity index (χ3v) is 5.01. The van der Waals surface area contributed by atoms with Gasteiger partial charge in [0, 0.05) is 23.3 Å². The second-order valence-corrected chi connectivity index (χ2v) is 8.22. The van der Waals surface area contributed by atoms with E-state index in [4.69, 9.17) is 10.6 Å². The average Bonchev–Trinajstić information content (AvgIpc) is 3.43. The summed E-state index contributed by atoms with van der Waals surface area (Å²) in [6, 6.07) is 6.16. The van der Waals surface area contributed by atoms with Gasteiger partial charge in [-0.25, -0.2) is 0 Å². The first-order chi connectivity index (χ1) is 12.5. The van der Waals surface area contributed by atoms with Crippen LogP contribution in [-0.2, 0) is 4.74 Å². The quantitative estimate of drug-likeness (QED) is 0.389. The second-order valence-electron chi connectivity index (χ2n) is 8.22. The number of rotatable bonds is 4. The van der Waals surface area contributed by atoms with Crippen molar-refractivity contribution in [3.05, 3.63) is 34.9 Å². The molecule has 1 atom stereocenters. The molecule has 1 heterocycles. The Bertz CT molecular complexity index is 753. The highest BCUT2D eigenvalue weighted by atomic mass is 16.5. The number of nitrogens with two attached hydrogens (primary N) is 1. The molecular weight excluding hydrogens is 322 g/mol. The van der Waals surface area contributed by atoms with Crippen LogP contribution < -0.4 is 5.84 Å². The minimum atomic E-state index is 0.194. The van der Waals surface area contributed by atoms with E-state index in [2.05, 4.69) is 48.8 Å². The summed E-state index contributed by atoms with van der Waals surface area (Å²) >= 11 is 0. The van der Waals surface area contributed by atoms with Gasteiger partial charge in [-0.1, -0.05) is 31.8 Å². The van der Waals surface area contributed by atoms with Gasteiger partial charge in [-0.3, -0.25) is 4.99 Å². The monoisotopic (exact) mass is 351 g/mol. The average molecular weight is 351 g/mol. The van der Waals surface area contributed by atoms with E-state index >= 15 is 0 Å². The number of nitrogens with zero attached hydrogens (tertiary/aromatic N) is 2. The van der Waals surface area contributed by atoms with E-state index in [0.717, 1.165) is 29.7 Å². The summed E-state index contributed by atoms with van der Waals surface area (Å²) in [5.74, 6) is 12.8. The van der Waals surface area contributed by atoms with Crippen molar-refractivity contribution in [3.63, 3.8) is 0 Å². The molecule has 2 N–H and O–H groups in total. The van der Waals surface area contributed by atoms with Gasteiger partial charge in [-0.2, -0.15) is 5.10 Å². The van der Waals surface area contributed by atoms with Gasteiger partial charge in [0.25, 0.3) is 0 Å². The first kappa shape index (κ1) is 18.7. The molecule has 0 spiro atoms. The summed E-state index contributed by atoms with van der Waals surface area (Å²) in [5, 5.41) is 3.93. The minimum Gasteiger partial charge on any atom is -0.376 e. The Morgan fingerprint density at radius 3 is 2.77 bits per heavy atom. The van der Waals surface area contributed by atoms with Gasteiger partial charge in [0.05, 0.1) is 19.3 Å². The lowest BCUT2D eigenvalue weighted by molar-refractivity contribution is -0.0427. The van der Waals surface area contributed by atoms with Gasteiger partial charge in [0.1, 0.15) is 5.71 Å². The van der Waals surface area contributed by atoms with Crippen molar-refractivity contribution in [2.45, 2.75) is 52.6 Å². The Labute approximate surface area is 156 Å². The maximum Gasteiger partial charge on any atom is 0.108 e. The third-order valence-electron chi connectivity index (χ3n) is 5.01. The molecule has 1 saturated carbocycles. The molecule has 1 saturated heterocycles. The Morgan fingerprint density at radius 2 is 2.15 bits per heavy atom. The molecule has 3 rings (SSSR count). The van der Waals surface area contributed by atoms with Crippen molar-refractivity contribution in [1.82, 2.24) is 0 Å². The van der Waals surface area contributed by atoms with Crippen molar-refractivity contribution in [2.24, 2.45) is 27.3 Å². The maximum absolute atomic E-state index is 5.91. The molecule has 4 heteroatoms. The maximum atomic E-state index is 5.91. The van der Waals surface area contributed by atoms with E-state index in [1.165, 1.54) is 19.3 Å². The molecule has 1 aliphatic carbocycles. The van der Waals surface area contributed by atoms with Crippen LogP contribution in [0.15, 0.2) is 28.3 Å². The fraction of sp³-hybridized carbons (Fsp3) is 0.545. The number of hydrogen-bond donors (Lipinski definition) is 1. The molecule has 0 aromatic heterocycles. The highest BCUT2D eigenvalue weighted by Crippen LogP contribution is 2.30. The van der Waals surface area contributed by atoms with Crippen LogP contribution >= 0.6 is 0 Å². The minimum absolute atomic E-state index is 0.194. The van der Waals surface area contributed by atoms with E-state index in [0.29, 0.717) is 18.2 Å². The van der Waals surface area contributed by atoms with Crippen molar-refractivity contribution < 1.29 is 4.74 Å². The largest absolute Gasteiger partial charge is 0.376 e. The van der Waals surface area contributed by atoms with Crippen LogP contribution in [-0.4, -0.2) is 31.2 Å². The lowest BCUT2D eigenvalue weighted by Gasteiger charge is -2.33. The van der Waals surface area contributed by atoms with Crippen LogP contribution in [0.1, 0.15) is 56.2 Å². The van der Waals surface area contributed by atoms with Gasteiger partial charge < -0.3 is 10.6 Å². The van der Waals surface area contributed by atoms with Gasteiger partial charge >= 0.3 is 0 Å². The summed E-state index contributed by atoms with van der Waals surface area (Å²) in [5.41, 5.74) is 4.13. The molecule has 1 unspecified atom stereocenters. The summed E-state index contributed by atoms with van der Waals surface area (Å²) < 4.78 is 5.91. The lowest BCUT2D eigenvalue weighted by Crippen LogP contribution is -2.33. The Balaban J connectivity index is 1.61. The smallest absolute Gasteiger partial charge is 0.108 e. The van der Waals surface area contributed by atoms with Crippen LogP contribution in [0.2, 0.25) is 0 Å². The fourth-order valence-corrected chi connectivity index (χ4v) is 3.07. The summed E-state index contributed by atoms with van der Waals surface area (Å²) in [6.45, 7) is 8.00. The first-order valence-electron chi connectivity index (χ1n) is 9.49. The molecule has 138 valence electrons. The van der Waals surface area contributed by atoms with E-state index in [1.807, 2.05) is 12.1 Å². The Kier molecular flexibility index (Phi) is 5.78. The highest BCUT2D eigenvalue weighted by Gasteiger charge is 2.27. The summed E-state index contributed by atoms with van der Waals surface area (Å²) in [6.07, 6.45) is 6.67. The first-order valence-corrected chi connectivity index (χ1v) is 9.49. The molecule has 1 aromatic rings. The molecular formula is C22H29N3O. The van der Waals surface area contributed by atoms with Crippen LogP contribution in [0.5, 0.6) is 0 Å². The Hall–Kier alpha value is -2.12. The van der Waals surface area contributed by atoms with Crippen molar-refractivity contribution in [1.29, 1.82) is 0 Å². The number of hydrazone groups is 1. The molecule has 0 radical (unpaired) electrons. The zero-order chi connectivity index (χ0) is 18.6. The molecule has 4 nitrogen and oxygen atoms in total. The third kappa shape index (κ3) is 5.19. The summed E-state index contributed by atoms with van der Waals surface area (Å²) in [4.78, 5) is 4.53. The number of aryl methyl sites for hydroxylation is 1. The van der Waals surface area contributed by atoms with Crippen LogP contribution in [0.25, 0.3) is 0 Å². The van der Waals surface area contributed by atoms with Gasteiger partial charge in [0.2, 0.25) is 0 Å². The Morgan fingerprint density at radius 1 is 1.35 bits per heavy atom. The number of benzene rings is 1. The number of hydrogen-bond acceptors (Lipinski definition) is 4. The SMILES string of the molecule is Cc1cc(C#CC2CC2)ccc1/C(C=NCC1CCC(C)(C)CO1)=N/N. The molecule has 1 aromatic carbocycles. The van der Waals surface area contributed by atoms with Crippen molar-refractivity contribution in [2.75, 3.05) is 13.2 Å². The van der Waals surface area contributed by atoms with Gasteiger partial charge in [-0.15, -0.1) is 0 Å². The van der Waals surface area contributed by atoms with Crippen LogP contribution in [0.4, 0.5) is 0 Å². The zero-order valence-electron chi connectivity index (χ0n) is 16.1. The van der Waals surface area contributed by atoms with E-state index in [1.54, 1.807) is 6.21 Å². The molecule has 2 aliphatic rings. The zero-order valence-corrected chi connectivity index (χ0v) is 16.1. The van der Waals surface area contributed by atoms with Gasteiger partial charge in [-0.05, 0) is 55.7 Å². The highest BCUT2D eigenvalue weighted by molar-refractivity contribution is 6.38. The fourth-order valence-electron chi connectivity index (χ4n) is 3.07. The van der Waals surface area contributed by atoms with Gasteiger partial charge in [0.15, 0.2) is 0 Å². The number of ether oxygens (including phenoxy) is 1. The number of aliphatic imine (C=N–C) groups is 1. The second kappa shape index (κ2) is 8.05. The normalized spacial score (nSPS) is 22.9. The summed E-state index contributed by atoms with van der Waals surface area (Å²) in [7, 11) is 0. The van der Waals surface area contributed by atoms with Crippen LogP contribution in [0, 0.1) is 30.1 Å². The molecule has 2 fully saturated rings. The molecule has 0 bridgehead atoms. The molecule has 26 heavy (non-hydrogen) atoms. The standard InChI is InChI=1S/C22H29N3O/c1-16-12-18(7-6-17-4-5-17)8-9-20(16)21(25-23)14-24-13-19-10-11-22(2,3)15-26-19/h8-9,12,14,17,19H,4-5,10-11,13,15,23H2,1-3H3/b24-14?,25-21+. The van der Waals surface area contributed by atoms with Crippen molar-refractivity contribution in [3.8, 4) is 11.8 Å². The molecule has 0 amide bonds. The lowest BCUT2D eigenvalue weighted by atomic mass is 9.85. The van der Waals surface area contributed by atoms with Crippen LogP contribution in [0.3, 0.4) is 0 Å². The van der Waals surface area contributed by atoms with E-state index < -0.39 is 0 Å². The van der Waals surface area contributed by atoms with Crippen molar-refractivity contribution >= 4 is 11.9 Å². The molecule has 1 aliphatic heterocycles. The topological polar surface area (TPSA) is 60.0 Å². The van der Waals surface area contributed by atoms with E-state index in [9.17, 15) is 0 Å². The predicted octanol–water partition coefficient (Wildman–Crippen LogP) is 3.70. The predicted molar refractivity (Wildman–Crippen MR) is 108 cm³/mol. The van der Waals surface area contributed by atoms with E-state index in [-0.39, 0.29) is 11.5 Å².